The van der Waals surface area contributed by atoms with E-state index >= 15 is 0 Å². The number of hydrogen-bond acceptors (Lipinski definition) is 5. The van der Waals surface area contributed by atoms with Crippen molar-refractivity contribution in [3.05, 3.63) is 24.0 Å². The molecule has 0 aliphatic carbocycles. The molecule has 106 valence electrons. The second-order valence-corrected chi connectivity index (χ2v) is 5.18. The van der Waals surface area contributed by atoms with Crippen LogP contribution in [0.5, 0.6) is 0 Å². The van der Waals surface area contributed by atoms with Crippen LogP contribution in [0, 0.1) is 0 Å². The minimum atomic E-state index is -0.301. The van der Waals surface area contributed by atoms with Gasteiger partial charge >= 0.3 is 0 Å². The molecule has 2 aliphatic heterocycles. The van der Waals surface area contributed by atoms with Crippen molar-refractivity contribution in [1.82, 2.24) is 15.6 Å². The van der Waals surface area contributed by atoms with Gasteiger partial charge in [-0.3, -0.25) is 19.9 Å². The fourth-order valence-electron chi connectivity index (χ4n) is 2.69. The zero-order valence-electron chi connectivity index (χ0n) is 11.3. The lowest BCUT2D eigenvalue weighted by atomic mass is 9.94. The number of aromatic nitrogens is 1. The fourth-order valence-corrected chi connectivity index (χ4v) is 2.69. The number of nitrogens with one attached hydrogen (secondary N) is 2. The van der Waals surface area contributed by atoms with E-state index in [0.29, 0.717) is 12.8 Å². The minimum Gasteiger partial charge on any atom is -0.368 e. The molecule has 2 fully saturated rings. The SMILES string of the molecule is O=C1CCC(c2ccc(N3CCNCC3)cn2)C(=O)N1. The van der Waals surface area contributed by atoms with Crippen molar-refractivity contribution in [3.8, 4) is 0 Å². The maximum absolute atomic E-state index is 11.8. The van der Waals surface area contributed by atoms with Crippen molar-refractivity contribution in [2.45, 2.75) is 18.8 Å². The maximum atomic E-state index is 11.8. The molecule has 2 N–H and O–H groups in total. The predicted molar refractivity (Wildman–Crippen MR) is 74.4 cm³/mol. The van der Waals surface area contributed by atoms with Crippen molar-refractivity contribution >= 4 is 17.5 Å². The Morgan fingerprint density at radius 2 is 2.00 bits per heavy atom. The molecule has 2 aliphatic rings. The molecule has 1 aromatic heterocycles. The van der Waals surface area contributed by atoms with Gasteiger partial charge in [-0.15, -0.1) is 0 Å². The highest BCUT2D eigenvalue weighted by Gasteiger charge is 2.28. The number of imide groups is 1. The summed E-state index contributed by atoms with van der Waals surface area (Å²) in [6.07, 6.45) is 2.76. The summed E-state index contributed by atoms with van der Waals surface area (Å²) in [4.78, 5) is 29.6. The van der Waals surface area contributed by atoms with E-state index in [4.69, 9.17) is 0 Å². The predicted octanol–water partition coefficient (Wildman–Crippen LogP) is 0.0114. The van der Waals surface area contributed by atoms with Crippen LogP contribution in [-0.2, 0) is 9.59 Å². The first-order valence-corrected chi connectivity index (χ1v) is 6.99. The van der Waals surface area contributed by atoms with Gasteiger partial charge in [-0.1, -0.05) is 0 Å². The highest BCUT2D eigenvalue weighted by molar-refractivity contribution is 6.00. The van der Waals surface area contributed by atoms with Crippen molar-refractivity contribution in [3.63, 3.8) is 0 Å². The van der Waals surface area contributed by atoms with Crippen molar-refractivity contribution in [2.75, 3.05) is 31.1 Å². The first kappa shape index (κ1) is 13.1. The lowest BCUT2D eigenvalue weighted by Crippen LogP contribution is -2.43. The molecule has 0 radical (unpaired) electrons. The third-order valence-electron chi connectivity index (χ3n) is 3.85. The molecule has 3 rings (SSSR count). The Labute approximate surface area is 117 Å². The number of piperazine rings is 1. The first-order valence-electron chi connectivity index (χ1n) is 6.99. The highest BCUT2D eigenvalue weighted by atomic mass is 16.2. The summed E-state index contributed by atoms with van der Waals surface area (Å²) >= 11 is 0. The molecule has 1 atom stereocenters. The molecular formula is C14H18N4O2. The van der Waals surface area contributed by atoms with Crippen molar-refractivity contribution in [1.29, 1.82) is 0 Å². The number of carbonyl (C=O) groups excluding carboxylic acids is 2. The largest absolute Gasteiger partial charge is 0.368 e. The molecule has 6 nitrogen and oxygen atoms in total. The van der Waals surface area contributed by atoms with Crippen LogP contribution in [-0.4, -0.2) is 43.0 Å². The quantitative estimate of drug-likeness (QED) is 0.743. The molecule has 0 aromatic carbocycles. The molecule has 20 heavy (non-hydrogen) atoms. The average molecular weight is 274 g/mol. The van der Waals surface area contributed by atoms with Crippen LogP contribution in [0.25, 0.3) is 0 Å². The summed E-state index contributed by atoms with van der Waals surface area (Å²) in [5.41, 5.74) is 1.83. The molecule has 1 unspecified atom stereocenters. The summed E-state index contributed by atoms with van der Waals surface area (Å²) < 4.78 is 0. The van der Waals surface area contributed by atoms with Crippen LogP contribution in [0.2, 0.25) is 0 Å². The van der Waals surface area contributed by atoms with E-state index in [9.17, 15) is 9.59 Å². The summed E-state index contributed by atoms with van der Waals surface area (Å²) in [7, 11) is 0. The summed E-state index contributed by atoms with van der Waals surface area (Å²) in [6.45, 7) is 3.91. The third-order valence-corrected chi connectivity index (χ3v) is 3.85. The number of carbonyl (C=O) groups is 2. The van der Waals surface area contributed by atoms with Gasteiger partial charge in [-0.05, 0) is 18.6 Å². The first-order chi connectivity index (χ1) is 9.74. The van der Waals surface area contributed by atoms with Gasteiger partial charge < -0.3 is 10.2 Å². The fraction of sp³-hybridized carbons (Fsp3) is 0.500. The Morgan fingerprint density at radius 3 is 2.65 bits per heavy atom. The number of anilines is 1. The highest BCUT2D eigenvalue weighted by Crippen LogP contribution is 2.24. The monoisotopic (exact) mass is 274 g/mol. The van der Waals surface area contributed by atoms with Crippen LogP contribution in [0.3, 0.4) is 0 Å². The Bertz CT molecular complexity index is 508. The Kier molecular flexibility index (Phi) is 3.64. The van der Waals surface area contributed by atoms with E-state index in [1.165, 1.54) is 0 Å². The van der Waals surface area contributed by atoms with Gasteiger partial charge in [0, 0.05) is 32.6 Å². The summed E-state index contributed by atoms with van der Waals surface area (Å²) in [5, 5.41) is 5.68. The van der Waals surface area contributed by atoms with E-state index in [1.807, 2.05) is 18.3 Å². The van der Waals surface area contributed by atoms with Gasteiger partial charge in [0.2, 0.25) is 11.8 Å². The van der Waals surface area contributed by atoms with Crippen LogP contribution in [0.15, 0.2) is 18.3 Å². The van der Waals surface area contributed by atoms with Gasteiger partial charge in [-0.25, -0.2) is 0 Å². The van der Waals surface area contributed by atoms with Gasteiger partial charge in [0.25, 0.3) is 0 Å². The molecule has 1 aromatic rings. The van der Waals surface area contributed by atoms with Gasteiger partial charge in [-0.2, -0.15) is 0 Å². The number of nitrogens with zero attached hydrogens (tertiary/aromatic N) is 2. The Morgan fingerprint density at radius 1 is 1.20 bits per heavy atom. The van der Waals surface area contributed by atoms with E-state index < -0.39 is 0 Å². The van der Waals surface area contributed by atoms with E-state index in [2.05, 4.69) is 20.5 Å². The number of rotatable bonds is 2. The number of pyridine rings is 1. The van der Waals surface area contributed by atoms with E-state index in [1.54, 1.807) is 0 Å². The van der Waals surface area contributed by atoms with Crippen molar-refractivity contribution in [2.24, 2.45) is 0 Å². The molecule has 2 amide bonds. The molecule has 3 heterocycles. The molecule has 0 saturated carbocycles. The zero-order valence-corrected chi connectivity index (χ0v) is 11.3. The minimum absolute atomic E-state index is 0.191. The third kappa shape index (κ3) is 2.65. The lowest BCUT2D eigenvalue weighted by Gasteiger charge is -2.29. The standard InChI is InChI=1S/C14H18N4O2/c19-13-4-2-11(14(20)17-13)12-3-1-10(9-16-12)18-7-5-15-6-8-18/h1,3,9,11,15H,2,4-8H2,(H,17,19,20). The van der Waals surface area contributed by atoms with Crippen LogP contribution >= 0.6 is 0 Å². The number of hydrogen-bond donors (Lipinski definition) is 2. The van der Waals surface area contributed by atoms with Crippen LogP contribution in [0.4, 0.5) is 5.69 Å². The smallest absolute Gasteiger partial charge is 0.235 e. The molecule has 2 saturated heterocycles. The second-order valence-electron chi connectivity index (χ2n) is 5.18. The summed E-state index contributed by atoms with van der Waals surface area (Å²) in [5.74, 6) is -0.725. The normalized spacial score (nSPS) is 23.6. The Hall–Kier alpha value is -1.95. The van der Waals surface area contributed by atoms with Crippen molar-refractivity contribution < 1.29 is 9.59 Å². The van der Waals surface area contributed by atoms with Gasteiger partial charge in [0.1, 0.15) is 0 Å². The van der Waals surface area contributed by atoms with E-state index in [-0.39, 0.29) is 17.7 Å². The van der Waals surface area contributed by atoms with Gasteiger partial charge in [0.05, 0.1) is 23.5 Å². The van der Waals surface area contributed by atoms with Gasteiger partial charge in [0.15, 0.2) is 0 Å². The molecule has 0 bridgehead atoms. The van der Waals surface area contributed by atoms with Crippen LogP contribution < -0.4 is 15.5 Å². The lowest BCUT2D eigenvalue weighted by molar-refractivity contribution is -0.134. The van der Waals surface area contributed by atoms with E-state index in [0.717, 1.165) is 37.6 Å². The van der Waals surface area contributed by atoms with Crippen LogP contribution in [0.1, 0.15) is 24.5 Å². The summed E-state index contributed by atoms with van der Waals surface area (Å²) in [6, 6.07) is 3.91. The molecule has 0 spiro atoms. The number of piperidine rings is 1. The molecule has 6 heteroatoms. The topological polar surface area (TPSA) is 74.3 Å². The zero-order chi connectivity index (χ0) is 13.9. The Balaban J connectivity index is 1.72. The number of amides is 2. The maximum Gasteiger partial charge on any atom is 0.235 e. The average Bonchev–Trinajstić information content (AvgIpc) is 2.48. The molecular weight excluding hydrogens is 256 g/mol. The second kappa shape index (κ2) is 5.58.